The van der Waals surface area contributed by atoms with Crippen LogP contribution in [0.15, 0.2) is 35.8 Å². The SMILES string of the molecule is O=C(O)c1ncsc1NS(=O)(=O)Nc1ccccc1. The van der Waals surface area contributed by atoms with Crippen molar-refractivity contribution in [2.45, 2.75) is 0 Å². The molecule has 0 spiro atoms. The fraction of sp³-hybridized carbons (Fsp3) is 0. The van der Waals surface area contributed by atoms with Gasteiger partial charge in [-0.2, -0.15) is 8.42 Å². The van der Waals surface area contributed by atoms with Gasteiger partial charge in [0.25, 0.3) is 0 Å². The quantitative estimate of drug-likeness (QED) is 0.777. The summed E-state index contributed by atoms with van der Waals surface area (Å²) >= 11 is 0.893. The number of rotatable bonds is 5. The molecule has 1 aromatic carbocycles. The highest BCUT2D eigenvalue weighted by Gasteiger charge is 2.18. The van der Waals surface area contributed by atoms with E-state index in [0.29, 0.717) is 5.69 Å². The van der Waals surface area contributed by atoms with E-state index < -0.39 is 16.2 Å². The first-order valence-electron chi connectivity index (χ1n) is 5.00. The maximum Gasteiger partial charge on any atom is 0.357 e. The summed E-state index contributed by atoms with van der Waals surface area (Å²) in [5.41, 5.74) is 1.30. The molecule has 0 aliphatic carbocycles. The summed E-state index contributed by atoms with van der Waals surface area (Å²) in [7, 11) is -3.91. The summed E-state index contributed by atoms with van der Waals surface area (Å²) in [6.07, 6.45) is 0. The van der Waals surface area contributed by atoms with Crippen LogP contribution in [-0.4, -0.2) is 24.5 Å². The average molecular weight is 299 g/mol. The van der Waals surface area contributed by atoms with E-state index in [-0.39, 0.29) is 10.7 Å². The molecule has 0 saturated carbocycles. The molecule has 0 unspecified atom stereocenters. The third-order valence-electron chi connectivity index (χ3n) is 2.02. The molecule has 1 heterocycles. The van der Waals surface area contributed by atoms with Gasteiger partial charge < -0.3 is 5.11 Å². The number of carboxylic acids is 1. The second-order valence-electron chi connectivity index (χ2n) is 3.41. The van der Waals surface area contributed by atoms with Gasteiger partial charge in [0.2, 0.25) is 0 Å². The fourth-order valence-corrected chi connectivity index (χ4v) is 3.15. The molecular weight excluding hydrogens is 290 g/mol. The van der Waals surface area contributed by atoms with Crippen LogP contribution in [-0.2, 0) is 10.2 Å². The molecule has 3 N–H and O–H groups in total. The van der Waals surface area contributed by atoms with Crippen molar-refractivity contribution in [3.8, 4) is 0 Å². The van der Waals surface area contributed by atoms with Crippen molar-refractivity contribution in [2.75, 3.05) is 9.44 Å². The van der Waals surface area contributed by atoms with Crippen LogP contribution < -0.4 is 9.44 Å². The molecular formula is C10H9N3O4S2. The number of benzene rings is 1. The number of anilines is 2. The third kappa shape index (κ3) is 3.42. The van der Waals surface area contributed by atoms with E-state index in [0.717, 1.165) is 11.3 Å². The second kappa shape index (κ2) is 5.24. The number of aromatic carboxylic acids is 1. The molecule has 0 saturated heterocycles. The van der Waals surface area contributed by atoms with Crippen molar-refractivity contribution >= 4 is 38.2 Å². The zero-order valence-corrected chi connectivity index (χ0v) is 11.0. The monoisotopic (exact) mass is 299 g/mol. The number of hydrogen-bond donors (Lipinski definition) is 3. The Hall–Kier alpha value is -2.13. The Kier molecular flexibility index (Phi) is 3.67. The molecule has 1 aromatic heterocycles. The maximum absolute atomic E-state index is 11.8. The van der Waals surface area contributed by atoms with Crippen molar-refractivity contribution in [3.63, 3.8) is 0 Å². The van der Waals surface area contributed by atoms with Crippen molar-refractivity contribution in [1.82, 2.24) is 4.98 Å². The fourth-order valence-electron chi connectivity index (χ4n) is 1.28. The van der Waals surface area contributed by atoms with Gasteiger partial charge in [0, 0.05) is 0 Å². The van der Waals surface area contributed by atoms with Crippen molar-refractivity contribution in [2.24, 2.45) is 0 Å². The van der Waals surface area contributed by atoms with E-state index >= 15 is 0 Å². The number of carbonyl (C=O) groups is 1. The van der Waals surface area contributed by atoms with E-state index in [1.54, 1.807) is 30.3 Å². The summed E-state index contributed by atoms with van der Waals surface area (Å²) in [5.74, 6) is -1.29. The number of para-hydroxylation sites is 1. The molecule has 0 fully saturated rings. The number of hydrogen-bond acceptors (Lipinski definition) is 5. The zero-order valence-electron chi connectivity index (χ0n) is 9.40. The predicted octanol–water partition coefficient (Wildman–Crippen LogP) is 1.61. The highest BCUT2D eigenvalue weighted by Crippen LogP contribution is 2.22. The van der Waals surface area contributed by atoms with Gasteiger partial charge in [-0.05, 0) is 12.1 Å². The Morgan fingerprint density at radius 1 is 1.21 bits per heavy atom. The standard InChI is InChI=1S/C10H9N3O4S2/c14-10(15)8-9(18-6-11-8)13-19(16,17)12-7-4-2-1-3-5-7/h1-6,12-13H,(H,14,15). The number of nitrogens with zero attached hydrogens (tertiary/aromatic N) is 1. The van der Waals surface area contributed by atoms with Crippen LogP contribution >= 0.6 is 11.3 Å². The first kappa shape index (κ1) is 13.3. The largest absolute Gasteiger partial charge is 0.476 e. The van der Waals surface area contributed by atoms with Gasteiger partial charge in [0.15, 0.2) is 5.69 Å². The lowest BCUT2D eigenvalue weighted by molar-refractivity contribution is 0.0692. The minimum absolute atomic E-state index is 0.0454. The van der Waals surface area contributed by atoms with Gasteiger partial charge in [0.1, 0.15) is 5.00 Å². The zero-order chi connectivity index (χ0) is 13.9. The first-order chi connectivity index (χ1) is 8.98. The summed E-state index contributed by atoms with van der Waals surface area (Å²) in [6.45, 7) is 0. The van der Waals surface area contributed by atoms with Crippen molar-refractivity contribution in [1.29, 1.82) is 0 Å². The number of carboxylic acid groups (broad SMARTS) is 1. The minimum atomic E-state index is -3.91. The molecule has 0 aliphatic rings. The Bertz CT molecular complexity index is 682. The first-order valence-corrected chi connectivity index (χ1v) is 7.36. The molecule has 2 aromatic rings. The Morgan fingerprint density at radius 2 is 1.89 bits per heavy atom. The van der Waals surface area contributed by atoms with Gasteiger partial charge in [-0.25, -0.2) is 9.78 Å². The Balaban J connectivity index is 2.18. The topological polar surface area (TPSA) is 108 Å². The molecule has 9 heteroatoms. The van der Waals surface area contributed by atoms with Crippen LogP contribution in [0.1, 0.15) is 10.5 Å². The van der Waals surface area contributed by atoms with Crippen molar-refractivity contribution in [3.05, 3.63) is 41.5 Å². The van der Waals surface area contributed by atoms with Crippen LogP contribution in [0.5, 0.6) is 0 Å². The van der Waals surface area contributed by atoms with E-state index in [4.69, 9.17) is 5.11 Å². The number of nitrogens with one attached hydrogen (secondary N) is 2. The highest BCUT2D eigenvalue weighted by molar-refractivity contribution is 7.94. The summed E-state index contributed by atoms with van der Waals surface area (Å²) in [5, 5.41) is 8.78. The van der Waals surface area contributed by atoms with E-state index in [2.05, 4.69) is 14.4 Å². The number of thiazole rings is 1. The van der Waals surface area contributed by atoms with Gasteiger partial charge in [-0.3, -0.25) is 9.44 Å². The molecule has 0 amide bonds. The lowest BCUT2D eigenvalue weighted by atomic mass is 10.3. The lowest BCUT2D eigenvalue weighted by Gasteiger charge is -2.08. The third-order valence-corrected chi connectivity index (χ3v) is 3.87. The Labute approximate surface area is 113 Å². The van der Waals surface area contributed by atoms with Crippen LogP contribution in [0.2, 0.25) is 0 Å². The van der Waals surface area contributed by atoms with E-state index in [9.17, 15) is 13.2 Å². The van der Waals surface area contributed by atoms with Gasteiger partial charge >= 0.3 is 16.2 Å². The van der Waals surface area contributed by atoms with Crippen LogP contribution in [0, 0.1) is 0 Å². The average Bonchev–Trinajstić information content (AvgIpc) is 2.77. The normalized spacial score (nSPS) is 10.9. The molecule has 0 atom stereocenters. The van der Waals surface area contributed by atoms with E-state index in [1.807, 2.05) is 0 Å². The van der Waals surface area contributed by atoms with Crippen LogP contribution in [0.3, 0.4) is 0 Å². The maximum atomic E-state index is 11.8. The molecule has 0 radical (unpaired) electrons. The van der Waals surface area contributed by atoms with Crippen LogP contribution in [0.25, 0.3) is 0 Å². The summed E-state index contributed by atoms with van der Waals surface area (Å²) in [6, 6.07) is 8.24. The van der Waals surface area contributed by atoms with Crippen LogP contribution in [0.4, 0.5) is 10.7 Å². The summed E-state index contributed by atoms with van der Waals surface area (Å²) in [4.78, 5) is 14.4. The number of aromatic nitrogens is 1. The predicted molar refractivity (Wildman–Crippen MR) is 71.7 cm³/mol. The molecule has 0 aliphatic heterocycles. The molecule has 0 bridgehead atoms. The van der Waals surface area contributed by atoms with E-state index in [1.165, 1.54) is 5.51 Å². The van der Waals surface area contributed by atoms with Gasteiger partial charge in [0.05, 0.1) is 11.2 Å². The molecule has 19 heavy (non-hydrogen) atoms. The second-order valence-corrected chi connectivity index (χ2v) is 5.68. The lowest BCUT2D eigenvalue weighted by Crippen LogP contribution is -2.22. The molecule has 100 valence electrons. The van der Waals surface area contributed by atoms with Crippen molar-refractivity contribution < 1.29 is 18.3 Å². The molecule has 7 nitrogen and oxygen atoms in total. The van der Waals surface area contributed by atoms with Gasteiger partial charge in [-0.15, -0.1) is 11.3 Å². The summed E-state index contributed by atoms with van der Waals surface area (Å²) < 4.78 is 28.0. The molecule has 2 rings (SSSR count). The smallest absolute Gasteiger partial charge is 0.357 e. The Morgan fingerprint density at radius 3 is 2.53 bits per heavy atom. The van der Waals surface area contributed by atoms with Gasteiger partial charge in [-0.1, -0.05) is 18.2 Å². The minimum Gasteiger partial charge on any atom is -0.476 e. The highest BCUT2D eigenvalue weighted by atomic mass is 32.2.